The van der Waals surface area contributed by atoms with Crippen LogP contribution in [0.5, 0.6) is 0 Å². The van der Waals surface area contributed by atoms with Crippen LogP contribution in [-0.2, 0) is 14.4 Å². The van der Waals surface area contributed by atoms with E-state index in [2.05, 4.69) is 0 Å². The molecular weight excluding hydrogens is 258 g/mol. The highest BCUT2D eigenvalue weighted by Gasteiger charge is 2.57. The Balaban J connectivity index is 1.97. The van der Waals surface area contributed by atoms with Gasteiger partial charge in [0.05, 0.1) is 11.6 Å². The molecule has 0 bridgehead atoms. The second kappa shape index (κ2) is 3.59. The first-order chi connectivity index (χ1) is 9.61. The number of hydrazine groups is 1. The number of likely N-dealkylation sites (N-methyl/N-ethyl adjacent to an activating group) is 1. The lowest BCUT2D eigenvalue weighted by Crippen LogP contribution is -2.54. The molecule has 3 aliphatic heterocycles. The van der Waals surface area contributed by atoms with Crippen molar-refractivity contribution in [3.63, 3.8) is 0 Å². The molecule has 6 heteroatoms. The predicted octanol–water partition coefficient (Wildman–Crippen LogP) is 0.105. The molecule has 1 aromatic carbocycles. The number of anilines is 1. The Kier molecular flexibility index (Phi) is 2.06. The molecule has 0 spiro atoms. The van der Waals surface area contributed by atoms with Crippen LogP contribution in [0.3, 0.4) is 0 Å². The Morgan fingerprint density at radius 2 is 1.85 bits per heavy atom. The fourth-order valence-corrected chi connectivity index (χ4v) is 3.43. The van der Waals surface area contributed by atoms with Crippen molar-refractivity contribution in [3.8, 4) is 0 Å². The summed E-state index contributed by atoms with van der Waals surface area (Å²) in [7, 11) is 1.48. The molecule has 3 amide bonds. The van der Waals surface area contributed by atoms with Crippen LogP contribution >= 0.6 is 0 Å². The number of rotatable bonds is 0. The first-order valence-corrected chi connectivity index (χ1v) is 6.61. The van der Waals surface area contributed by atoms with Gasteiger partial charge in [0, 0.05) is 20.0 Å². The average Bonchev–Trinajstić information content (AvgIpc) is 2.94. The third-order valence-electron chi connectivity index (χ3n) is 4.36. The van der Waals surface area contributed by atoms with E-state index < -0.39 is 12.0 Å². The Bertz CT molecular complexity index is 657. The topological polar surface area (TPSA) is 60.9 Å². The standard InChI is InChI=1S/C14H13N3O3/c1-15-13(19)11-8-4-2-3-5-9(8)16-7-6-10(18)17(16)12(11)14(15)20/h2-5,11-12H,6-7H2,1H3. The number of likely N-dealkylation sites (tertiary alicyclic amines) is 1. The molecule has 4 rings (SSSR count). The van der Waals surface area contributed by atoms with E-state index in [1.165, 1.54) is 12.1 Å². The van der Waals surface area contributed by atoms with Crippen molar-refractivity contribution in [1.82, 2.24) is 9.91 Å². The van der Waals surface area contributed by atoms with E-state index in [0.717, 1.165) is 16.2 Å². The Labute approximate surface area is 115 Å². The summed E-state index contributed by atoms with van der Waals surface area (Å²) in [5.74, 6) is -1.19. The molecule has 0 aromatic heterocycles. The molecule has 2 unspecified atom stereocenters. The van der Waals surface area contributed by atoms with Gasteiger partial charge in [-0.05, 0) is 11.6 Å². The summed E-state index contributed by atoms with van der Waals surface area (Å²) < 4.78 is 0. The zero-order chi connectivity index (χ0) is 14.0. The third-order valence-corrected chi connectivity index (χ3v) is 4.36. The summed E-state index contributed by atoms with van der Waals surface area (Å²) in [4.78, 5) is 38.0. The number of carbonyl (C=O) groups excluding carboxylic acids is 3. The zero-order valence-electron chi connectivity index (χ0n) is 10.9. The van der Waals surface area contributed by atoms with Gasteiger partial charge in [0.2, 0.25) is 11.8 Å². The number of hydrogen-bond acceptors (Lipinski definition) is 4. The summed E-state index contributed by atoms with van der Waals surface area (Å²) in [6.07, 6.45) is 0.378. The van der Waals surface area contributed by atoms with Gasteiger partial charge in [-0.1, -0.05) is 18.2 Å². The predicted molar refractivity (Wildman–Crippen MR) is 69.6 cm³/mol. The Hall–Kier alpha value is -2.37. The highest BCUT2D eigenvalue weighted by atomic mass is 16.2. The molecule has 1 aromatic rings. The second-order valence-corrected chi connectivity index (χ2v) is 5.33. The smallest absolute Gasteiger partial charge is 0.255 e. The van der Waals surface area contributed by atoms with Gasteiger partial charge >= 0.3 is 0 Å². The summed E-state index contributed by atoms with van der Waals surface area (Å²) in [6, 6.07) is 6.80. The fraction of sp³-hybridized carbons (Fsp3) is 0.357. The number of hydrogen-bond donors (Lipinski definition) is 0. The van der Waals surface area contributed by atoms with Crippen LogP contribution in [0.15, 0.2) is 24.3 Å². The van der Waals surface area contributed by atoms with E-state index in [4.69, 9.17) is 0 Å². The maximum atomic E-state index is 12.4. The molecule has 102 valence electrons. The minimum absolute atomic E-state index is 0.0917. The summed E-state index contributed by atoms with van der Waals surface area (Å²) >= 11 is 0. The molecule has 0 radical (unpaired) electrons. The van der Waals surface area contributed by atoms with Gasteiger partial charge in [0.15, 0.2) is 0 Å². The van der Waals surface area contributed by atoms with Crippen molar-refractivity contribution in [1.29, 1.82) is 0 Å². The molecule has 3 heterocycles. The van der Waals surface area contributed by atoms with Crippen LogP contribution in [0.2, 0.25) is 0 Å². The average molecular weight is 271 g/mol. The van der Waals surface area contributed by atoms with E-state index in [-0.39, 0.29) is 17.7 Å². The molecule has 3 aliphatic rings. The van der Waals surface area contributed by atoms with Gasteiger partial charge < -0.3 is 0 Å². The molecule has 0 N–H and O–H groups in total. The summed E-state index contributed by atoms with van der Waals surface area (Å²) in [5, 5.41) is 3.32. The first-order valence-electron chi connectivity index (χ1n) is 6.61. The van der Waals surface area contributed by atoms with Crippen LogP contribution in [0.4, 0.5) is 5.69 Å². The van der Waals surface area contributed by atoms with Crippen molar-refractivity contribution in [2.45, 2.75) is 18.4 Å². The number of carbonyl (C=O) groups is 3. The monoisotopic (exact) mass is 271 g/mol. The minimum atomic E-state index is -0.711. The highest BCUT2D eigenvalue weighted by molar-refractivity contribution is 6.12. The van der Waals surface area contributed by atoms with Crippen molar-refractivity contribution in [3.05, 3.63) is 29.8 Å². The van der Waals surface area contributed by atoms with Gasteiger partial charge in [-0.2, -0.15) is 0 Å². The number of benzene rings is 1. The molecule has 2 atom stereocenters. The second-order valence-electron chi connectivity index (χ2n) is 5.33. The van der Waals surface area contributed by atoms with Crippen molar-refractivity contribution in [2.24, 2.45) is 0 Å². The minimum Gasteiger partial charge on any atom is -0.283 e. The number of para-hydroxylation sites is 1. The van der Waals surface area contributed by atoms with Gasteiger partial charge in [-0.3, -0.25) is 24.3 Å². The van der Waals surface area contributed by atoms with Gasteiger partial charge in [0.25, 0.3) is 5.91 Å². The van der Waals surface area contributed by atoms with E-state index >= 15 is 0 Å². The largest absolute Gasteiger partial charge is 0.283 e. The van der Waals surface area contributed by atoms with Gasteiger partial charge in [-0.15, -0.1) is 0 Å². The van der Waals surface area contributed by atoms with E-state index in [9.17, 15) is 14.4 Å². The Morgan fingerprint density at radius 3 is 2.65 bits per heavy atom. The lowest BCUT2D eigenvalue weighted by molar-refractivity contribution is -0.141. The number of amides is 3. The van der Waals surface area contributed by atoms with Crippen LogP contribution in [-0.4, -0.2) is 47.3 Å². The first kappa shape index (κ1) is 11.5. The lowest BCUT2D eigenvalue weighted by Gasteiger charge is -2.41. The molecule has 20 heavy (non-hydrogen) atoms. The van der Waals surface area contributed by atoms with Crippen LogP contribution < -0.4 is 5.01 Å². The van der Waals surface area contributed by atoms with Gasteiger partial charge in [0.1, 0.15) is 6.04 Å². The third kappa shape index (κ3) is 1.16. The Morgan fingerprint density at radius 1 is 1.10 bits per heavy atom. The molecule has 2 saturated heterocycles. The maximum Gasteiger partial charge on any atom is 0.255 e. The lowest BCUT2D eigenvalue weighted by atomic mass is 9.89. The van der Waals surface area contributed by atoms with E-state index in [0.29, 0.717) is 13.0 Å². The van der Waals surface area contributed by atoms with Crippen LogP contribution in [0.1, 0.15) is 17.9 Å². The molecule has 0 saturated carbocycles. The van der Waals surface area contributed by atoms with Gasteiger partial charge in [-0.25, -0.2) is 5.01 Å². The molecular formula is C14H13N3O3. The number of imide groups is 1. The summed E-state index contributed by atoms with van der Waals surface area (Å²) in [5.41, 5.74) is 1.70. The van der Waals surface area contributed by atoms with E-state index in [1.807, 2.05) is 29.3 Å². The zero-order valence-corrected chi connectivity index (χ0v) is 10.9. The maximum absolute atomic E-state index is 12.4. The number of nitrogens with zero attached hydrogens (tertiary/aromatic N) is 3. The molecule has 0 aliphatic carbocycles. The molecule has 2 fully saturated rings. The molecule has 6 nitrogen and oxygen atoms in total. The SMILES string of the molecule is CN1C(=O)C2c3ccccc3N3CCC(=O)N3C2C1=O. The normalized spacial score (nSPS) is 27.9. The van der Waals surface area contributed by atoms with Crippen molar-refractivity contribution >= 4 is 23.4 Å². The fourth-order valence-electron chi connectivity index (χ4n) is 3.43. The highest BCUT2D eigenvalue weighted by Crippen LogP contribution is 2.45. The number of fused-ring (bicyclic) bond motifs is 6. The van der Waals surface area contributed by atoms with Crippen LogP contribution in [0, 0.1) is 0 Å². The van der Waals surface area contributed by atoms with Crippen molar-refractivity contribution < 1.29 is 14.4 Å². The van der Waals surface area contributed by atoms with E-state index in [1.54, 1.807) is 0 Å². The summed E-state index contributed by atoms with van der Waals surface area (Å²) in [6.45, 7) is 0.560. The van der Waals surface area contributed by atoms with Crippen molar-refractivity contribution in [2.75, 3.05) is 18.6 Å². The quantitative estimate of drug-likeness (QED) is 0.628. The van der Waals surface area contributed by atoms with Crippen LogP contribution in [0.25, 0.3) is 0 Å².